The second-order valence-corrected chi connectivity index (χ2v) is 8.72. The molecule has 4 rings (SSSR count). The molecule has 0 aliphatic heterocycles. The van der Waals surface area contributed by atoms with Gasteiger partial charge in [-0.25, -0.2) is 4.39 Å². The third-order valence-corrected chi connectivity index (χ3v) is 5.99. The largest absolute Gasteiger partial charge is 0.573 e. The van der Waals surface area contributed by atoms with Gasteiger partial charge in [-0.15, -0.1) is 13.2 Å². The summed E-state index contributed by atoms with van der Waals surface area (Å²) in [6, 6.07) is 23.1. The third-order valence-electron chi connectivity index (χ3n) is 5.99. The maximum atomic E-state index is 15.1. The van der Waals surface area contributed by atoms with Crippen molar-refractivity contribution in [1.29, 1.82) is 0 Å². The summed E-state index contributed by atoms with van der Waals surface area (Å²) in [4.78, 5) is 0. The monoisotopic (exact) mass is 490 g/mol. The van der Waals surface area contributed by atoms with Crippen LogP contribution in [0.1, 0.15) is 47.6 Å². The number of aryl methyl sites for hydroxylation is 3. The minimum absolute atomic E-state index is 0.231. The molecule has 0 N–H and O–H groups in total. The predicted octanol–water partition coefficient (Wildman–Crippen LogP) is 8.41. The third kappa shape index (κ3) is 6.88. The number of unbranched alkanes of at least 4 members (excludes halogenated alkanes) is 1. The Kier molecular flexibility index (Phi) is 7.95. The number of rotatable bonds is 7. The number of hydrogen-bond acceptors (Lipinski definition) is 1. The van der Waals surface area contributed by atoms with E-state index in [1.165, 1.54) is 48.2 Å². The van der Waals surface area contributed by atoms with Crippen molar-refractivity contribution < 1.29 is 22.3 Å². The zero-order chi connectivity index (χ0) is 25.5. The van der Waals surface area contributed by atoms with E-state index < -0.39 is 12.2 Å². The van der Waals surface area contributed by atoms with Crippen molar-refractivity contribution in [2.24, 2.45) is 0 Å². The summed E-state index contributed by atoms with van der Waals surface area (Å²) in [7, 11) is 0. The van der Waals surface area contributed by atoms with Crippen molar-refractivity contribution in [2.75, 3.05) is 0 Å². The standard InChI is InChI=1S/C31H26F4O/c1-2-3-4-22-5-7-23(8-6-22)9-10-25-14-20-29-27(21-25)17-16-26(30(29)32)15-11-24-12-18-28(19-13-24)36-31(33,34)35/h5-8,12-14,16-21H,2-4,9-10H2,1H3. The number of benzene rings is 4. The van der Waals surface area contributed by atoms with Crippen LogP contribution in [-0.2, 0) is 19.3 Å². The van der Waals surface area contributed by atoms with E-state index in [1.807, 2.05) is 18.2 Å². The molecule has 0 unspecified atom stereocenters. The summed E-state index contributed by atoms with van der Waals surface area (Å²) in [5.41, 5.74) is 4.47. The smallest absolute Gasteiger partial charge is 0.406 e. The van der Waals surface area contributed by atoms with Gasteiger partial charge in [0, 0.05) is 10.9 Å². The number of halogens is 4. The van der Waals surface area contributed by atoms with Crippen LogP contribution in [0, 0.1) is 17.7 Å². The van der Waals surface area contributed by atoms with Gasteiger partial charge in [0.25, 0.3) is 0 Å². The minimum Gasteiger partial charge on any atom is -0.406 e. The summed E-state index contributed by atoms with van der Waals surface area (Å²) in [5, 5.41) is 1.29. The summed E-state index contributed by atoms with van der Waals surface area (Å²) in [6.45, 7) is 2.20. The molecule has 1 nitrogen and oxygen atoms in total. The minimum atomic E-state index is -4.75. The van der Waals surface area contributed by atoms with E-state index in [0.29, 0.717) is 10.9 Å². The van der Waals surface area contributed by atoms with Crippen LogP contribution < -0.4 is 4.74 Å². The normalized spacial score (nSPS) is 11.2. The number of alkyl halides is 3. The lowest BCUT2D eigenvalue weighted by Crippen LogP contribution is -2.16. The van der Waals surface area contributed by atoms with Gasteiger partial charge < -0.3 is 4.74 Å². The fraction of sp³-hybridized carbons (Fsp3) is 0.226. The first-order valence-corrected chi connectivity index (χ1v) is 12.0. The van der Waals surface area contributed by atoms with Crippen LogP contribution in [0.15, 0.2) is 78.9 Å². The van der Waals surface area contributed by atoms with E-state index in [1.54, 1.807) is 12.1 Å². The highest BCUT2D eigenvalue weighted by Gasteiger charge is 2.30. The van der Waals surface area contributed by atoms with Crippen LogP contribution in [0.25, 0.3) is 10.8 Å². The average Bonchev–Trinajstić information content (AvgIpc) is 2.86. The lowest BCUT2D eigenvalue weighted by Gasteiger charge is -2.08. The fourth-order valence-corrected chi connectivity index (χ4v) is 4.01. The molecule has 0 aliphatic carbocycles. The molecule has 0 heterocycles. The summed E-state index contributed by atoms with van der Waals surface area (Å²) < 4.78 is 55.8. The van der Waals surface area contributed by atoms with E-state index in [4.69, 9.17) is 0 Å². The molecule has 4 aromatic rings. The highest BCUT2D eigenvalue weighted by atomic mass is 19.4. The molecule has 0 aliphatic rings. The Morgan fingerprint density at radius 3 is 2.03 bits per heavy atom. The first kappa shape index (κ1) is 25.3. The van der Waals surface area contributed by atoms with Crippen LogP contribution in [-0.4, -0.2) is 6.36 Å². The van der Waals surface area contributed by atoms with Gasteiger partial charge in [-0.05, 0) is 78.1 Å². The molecule has 4 aromatic carbocycles. The van der Waals surface area contributed by atoms with Crippen molar-refractivity contribution in [3.63, 3.8) is 0 Å². The number of hydrogen-bond donors (Lipinski definition) is 0. The van der Waals surface area contributed by atoms with Gasteiger partial charge in [-0.3, -0.25) is 0 Å². The van der Waals surface area contributed by atoms with Crippen LogP contribution in [0.4, 0.5) is 17.6 Å². The van der Waals surface area contributed by atoms with E-state index in [2.05, 4.69) is 47.8 Å². The molecule has 36 heavy (non-hydrogen) atoms. The Labute approximate surface area is 208 Å². The number of fused-ring (bicyclic) bond motifs is 1. The second kappa shape index (κ2) is 11.3. The molecule has 0 bridgehead atoms. The van der Waals surface area contributed by atoms with Crippen LogP contribution in [0.2, 0.25) is 0 Å². The highest BCUT2D eigenvalue weighted by Crippen LogP contribution is 2.24. The molecular weight excluding hydrogens is 464 g/mol. The van der Waals surface area contributed by atoms with Crippen molar-refractivity contribution in [3.05, 3.63) is 112 Å². The first-order chi connectivity index (χ1) is 17.3. The Morgan fingerprint density at radius 2 is 1.36 bits per heavy atom. The molecule has 0 saturated heterocycles. The molecule has 0 amide bonds. The summed E-state index contributed by atoms with van der Waals surface area (Å²) in [5.74, 6) is 4.83. The van der Waals surface area contributed by atoms with Crippen molar-refractivity contribution >= 4 is 10.8 Å². The maximum Gasteiger partial charge on any atom is 0.573 e. The molecule has 0 saturated carbocycles. The van der Waals surface area contributed by atoms with Crippen LogP contribution in [0.5, 0.6) is 5.75 Å². The lowest BCUT2D eigenvalue weighted by atomic mass is 9.98. The van der Waals surface area contributed by atoms with Gasteiger partial charge in [0.2, 0.25) is 0 Å². The van der Waals surface area contributed by atoms with Gasteiger partial charge in [0.1, 0.15) is 11.6 Å². The maximum absolute atomic E-state index is 15.1. The first-order valence-electron chi connectivity index (χ1n) is 12.0. The Balaban J connectivity index is 1.43. The molecular formula is C31H26F4O. The Hall–Kier alpha value is -3.78. The molecule has 5 heteroatoms. The topological polar surface area (TPSA) is 9.23 Å². The van der Waals surface area contributed by atoms with E-state index >= 15 is 4.39 Å². The van der Waals surface area contributed by atoms with Crippen molar-refractivity contribution in [3.8, 4) is 17.6 Å². The lowest BCUT2D eigenvalue weighted by molar-refractivity contribution is -0.274. The summed E-state index contributed by atoms with van der Waals surface area (Å²) >= 11 is 0. The quantitative estimate of drug-likeness (QED) is 0.187. The van der Waals surface area contributed by atoms with Gasteiger partial charge >= 0.3 is 6.36 Å². The van der Waals surface area contributed by atoms with Gasteiger partial charge in [0.15, 0.2) is 0 Å². The molecule has 0 radical (unpaired) electrons. The Morgan fingerprint density at radius 1 is 0.722 bits per heavy atom. The molecule has 0 spiro atoms. The van der Waals surface area contributed by atoms with Crippen LogP contribution >= 0.6 is 0 Å². The molecule has 0 fully saturated rings. The van der Waals surface area contributed by atoms with Crippen LogP contribution in [0.3, 0.4) is 0 Å². The molecule has 184 valence electrons. The van der Waals surface area contributed by atoms with Crippen molar-refractivity contribution in [1.82, 2.24) is 0 Å². The van der Waals surface area contributed by atoms with Gasteiger partial charge in [0.05, 0.1) is 5.56 Å². The number of ether oxygens (including phenoxy) is 1. The zero-order valence-corrected chi connectivity index (χ0v) is 20.0. The predicted molar refractivity (Wildman–Crippen MR) is 135 cm³/mol. The zero-order valence-electron chi connectivity index (χ0n) is 20.0. The van der Waals surface area contributed by atoms with Crippen molar-refractivity contribution in [2.45, 2.75) is 45.4 Å². The second-order valence-electron chi connectivity index (χ2n) is 8.72. The van der Waals surface area contributed by atoms with E-state index in [9.17, 15) is 13.2 Å². The highest BCUT2D eigenvalue weighted by molar-refractivity contribution is 5.85. The summed E-state index contributed by atoms with van der Waals surface area (Å²) in [6.07, 6.45) is 0.535. The molecule has 0 aromatic heterocycles. The fourth-order valence-electron chi connectivity index (χ4n) is 4.01. The average molecular weight is 491 g/mol. The van der Waals surface area contributed by atoms with E-state index in [0.717, 1.165) is 30.2 Å². The SMILES string of the molecule is CCCCc1ccc(CCc2ccc3c(F)c(C#Cc4ccc(OC(F)(F)F)cc4)ccc3c2)cc1. The van der Waals surface area contributed by atoms with Gasteiger partial charge in [-0.1, -0.05) is 73.7 Å². The van der Waals surface area contributed by atoms with E-state index in [-0.39, 0.29) is 11.3 Å². The van der Waals surface area contributed by atoms with Gasteiger partial charge in [-0.2, -0.15) is 0 Å². The Bertz CT molecular complexity index is 1380. The molecule has 0 atom stereocenters.